The van der Waals surface area contributed by atoms with Crippen molar-refractivity contribution in [2.24, 2.45) is 4.99 Å². The van der Waals surface area contributed by atoms with Gasteiger partial charge in [0, 0.05) is 6.54 Å². The fraction of sp³-hybridized carbons (Fsp3) is 0.176. The number of hydroxylamine groups is 2. The minimum atomic E-state index is -0.705. The molecule has 2 heterocycles. The fourth-order valence-corrected chi connectivity index (χ4v) is 2.79. The number of rotatable bonds is 5. The Bertz CT molecular complexity index is 869. The molecule has 0 atom stereocenters. The molecule has 1 saturated heterocycles. The lowest BCUT2D eigenvalue weighted by atomic mass is 10.3. The smallest absolute Gasteiger partial charge is 0.381 e. The molecular formula is C17H14Cl2N4O4. The fourth-order valence-electron chi connectivity index (χ4n) is 2.31. The van der Waals surface area contributed by atoms with E-state index in [-0.39, 0.29) is 30.4 Å². The number of pyridine rings is 1. The van der Waals surface area contributed by atoms with Gasteiger partial charge in [0.1, 0.15) is 11.4 Å². The van der Waals surface area contributed by atoms with Gasteiger partial charge < -0.3 is 9.57 Å². The maximum Gasteiger partial charge on any atom is 0.381 e. The number of ether oxygens (including phenoxy) is 1. The van der Waals surface area contributed by atoms with Crippen LogP contribution in [-0.4, -0.2) is 53.5 Å². The van der Waals surface area contributed by atoms with Gasteiger partial charge in [0.15, 0.2) is 5.69 Å². The SMILES string of the molecule is COc1ccc(C(=O)ON2CCN(C=O)C2=Nc2c(Cl)cccc2Cl)nc1. The zero-order valence-electron chi connectivity index (χ0n) is 14.1. The van der Waals surface area contributed by atoms with E-state index in [0.29, 0.717) is 22.2 Å². The Morgan fingerprint density at radius 3 is 2.56 bits per heavy atom. The molecule has 0 unspecified atom stereocenters. The highest BCUT2D eigenvalue weighted by atomic mass is 35.5. The third kappa shape index (κ3) is 4.12. The van der Waals surface area contributed by atoms with Crippen LogP contribution >= 0.6 is 23.2 Å². The van der Waals surface area contributed by atoms with Gasteiger partial charge in [-0.2, -0.15) is 5.06 Å². The van der Waals surface area contributed by atoms with Crippen molar-refractivity contribution < 1.29 is 19.2 Å². The Morgan fingerprint density at radius 2 is 1.96 bits per heavy atom. The van der Waals surface area contributed by atoms with Crippen LogP contribution in [0.2, 0.25) is 10.0 Å². The number of nitrogens with zero attached hydrogens (tertiary/aromatic N) is 4. The lowest BCUT2D eigenvalue weighted by Gasteiger charge is -2.18. The average molecular weight is 409 g/mol. The largest absolute Gasteiger partial charge is 0.495 e. The number of guanidine groups is 1. The van der Waals surface area contributed by atoms with Gasteiger partial charge in [0.25, 0.3) is 0 Å². The Balaban J connectivity index is 1.86. The van der Waals surface area contributed by atoms with Crippen molar-refractivity contribution in [2.75, 3.05) is 20.2 Å². The van der Waals surface area contributed by atoms with Crippen LogP contribution in [-0.2, 0) is 9.63 Å². The van der Waals surface area contributed by atoms with Crippen molar-refractivity contribution >= 4 is 47.2 Å². The van der Waals surface area contributed by atoms with E-state index in [1.54, 1.807) is 24.3 Å². The van der Waals surface area contributed by atoms with Crippen LogP contribution in [0.3, 0.4) is 0 Å². The molecule has 1 aromatic carbocycles. The summed E-state index contributed by atoms with van der Waals surface area (Å²) in [4.78, 5) is 38.6. The summed E-state index contributed by atoms with van der Waals surface area (Å²) in [7, 11) is 1.50. The molecule has 140 valence electrons. The van der Waals surface area contributed by atoms with E-state index in [0.717, 1.165) is 0 Å². The third-order valence-corrected chi connectivity index (χ3v) is 4.28. The van der Waals surface area contributed by atoms with Crippen LogP contribution < -0.4 is 4.74 Å². The van der Waals surface area contributed by atoms with Crippen LogP contribution in [0, 0.1) is 0 Å². The molecule has 10 heteroatoms. The molecule has 0 bridgehead atoms. The van der Waals surface area contributed by atoms with Crippen LogP contribution in [0.1, 0.15) is 10.5 Å². The van der Waals surface area contributed by atoms with Crippen LogP contribution in [0.25, 0.3) is 0 Å². The molecule has 8 nitrogen and oxygen atoms in total. The van der Waals surface area contributed by atoms with Crippen LogP contribution in [0.5, 0.6) is 5.75 Å². The Kier molecular flexibility index (Phi) is 5.78. The lowest BCUT2D eigenvalue weighted by molar-refractivity contribution is -0.114. The molecule has 3 rings (SSSR count). The van der Waals surface area contributed by atoms with E-state index < -0.39 is 5.97 Å². The molecule has 1 aliphatic heterocycles. The van der Waals surface area contributed by atoms with Crippen LogP contribution in [0.4, 0.5) is 5.69 Å². The summed E-state index contributed by atoms with van der Waals surface area (Å²) in [5, 5.41) is 1.80. The Hall–Kier alpha value is -2.84. The molecule has 1 aliphatic rings. The van der Waals surface area contributed by atoms with Gasteiger partial charge in [-0.25, -0.2) is 14.8 Å². The van der Waals surface area contributed by atoms with Gasteiger partial charge in [-0.3, -0.25) is 9.69 Å². The van der Waals surface area contributed by atoms with Gasteiger partial charge >= 0.3 is 5.97 Å². The van der Waals surface area contributed by atoms with Gasteiger partial charge in [-0.15, -0.1) is 0 Å². The molecule has 1 aromatic heterocycles. The summed E-state index contributed by atoms with van der Waals surface area (Å²) in [5.41, 5.74) is 0.351. The van der Waals surface area contributed by atoms with E-state index in [1.807, 2.05) is 0 Å². The summed E-state index contributed by atoms with van der Waals surface area (Å²) in [5.74, 6) is -0.0966. The number of halogens is 2. The molecule has 27 heavy (non-hydrogen) atoms. The van der Waals surface area contributed by atoms with Crippen molar-refractivity contribution in [3.8, 4) is 5.75 Å². The molecule has 1 fully saturated rings. The molecule has 0 N–H and O–H groups in total. The number of amides is 1. The Morgan fingerprint density at radius 1 is 1.22 bits per heavy atom. The van der Waals surface area contributed by atoms with Crippen molar-refractivity contribution in [1.29, 1.82) is 0 Å². The van der Waals surface area contributed by atoms with E-state index in [4.69, 9.17) is 32.8 Å². The first-order chi connectivity index (χ1) is 13.0. The zero-order valence-corrected chi connectivity index (χ0v) is 15.6. The van der Waals surface area contributed by atoms with Crippen molar-refractivity contribution in [2.45, 2.75) is 0 Å². The molecule has 2 aromatic rings. The zero-order chi connectivity index (χ0) is 19.4. The van der Waals surface area contributed by atoms with E-state index in [2.05, 4.69) is 9.98 Å². The number of para-hydroxylation sites is 1. The van der Waals surface area contributed by atoms with Crippen molar-refractivity contribution in [3.63, 3.8) is 0 Å². The molecule has 0 aliphatic carbocycles. The molecule has 1 amide bonds. The first kappa shape index (κ1) is 18.9. The number of carbonyl (C=O) groups is 2. The second-order valence-electron chi connectivity index (χ2n) is 5.34. The first-order valence-corrected chi connectivity index (χ1v) is 8.53. The number of aromatic nitrogens is 1. The molecule has 0 saturated carbocycles. The highest BCUT2D eigenvalue weighted by molar-refractivity contribution is 6.38. The van der Waals surface area contributed by atoms with E-state index >= 15 is 0 Å². The first-order valence-electron chi connectivity index (χ1n) is 7.78. The summed E-state index contributed by atoms with van der Waals surface area (Å²) in [6.07, 6.45) is 1.99. The molecular weight excluding hydrogens is 395 g/mol. The number of aliphatic imine (C=N–C) groups is 1. The van der Waals surface area contributed by atoms with Crippen LogP contribution in [0.15, 0.2) is 41.5 Å². The maximum atomic E-state index is 12.3. The second-order valence-corrected chi connectivity index (χ2v) is 6.16. The Labute approximate surface area is 164 Å². The maximum absolute atomic E-state index is 12.3. The quantitative estimate of drug-likeness (QED) is 0.707. The number of hydrogen-bond donors (Lipinski definition) is 0. The lowest BCUT2D eigenvalue weighted by Crippen LogP contribution is -2.34. The summed E-state index contributed by atoms with van der Waals surface area (Å²) in [6, 6.07) is 7.96. The summed E-state index contributed by atoms with van der Waals surface area (Å²) in [6.45, 7) is 0.523. The molecule has 0 spiro atoms. The van der Waals surface area contributed by atoms with E-state index in [9.17, 15) is 9.59 Å². The summed E-state index contributed by atoms with van der Waals surface area (Å²) >= 11 is 12.3. The number of methoxy groups -OCH3 is 1. The second kappa shape index (κ2) is 8.24. The van der Waals surface area contributed by atoms with Gasteiger partial charge in [0.05, 0.1) is 29.9 Å². The minimum Gasteiger partial charge on any atom is -0.495 e. The number of hydrogen-bond acceptors (Lipinski definition) is 6. The predicted molar refractivity (Wildman–Crippen MR) is 99.2 cm³/mol. The monoisotopic (exact) mass is 408 g/mol. The van der Waals surface area contributed by atoms with Crippen molar-refractivity contribution in [3.05, 3.63) is 52.3 Å². The highest BCUT2D eigenvalue weighted by Crippen LogP contribution is 2.33. The van der Waals surface area contributed by atoms with Gasteiger partial charge in [0.2, 0.25) is 12.4 Å². The predicted octanol–water partition coefficient (Wildman–Crippen LogP) is 2.93. The topological polar surface area (TPSA) is 84.3 Å². The molecule has 0 radical (unpaired) electrons. The van der Waals surface area contributed by atoms with Gasteiger partial charge in [-0.05, 0) is 24.3 Å². The highest BCUT2D eigenvalue weighted by Gasteiger charge is 2.31. The van der Waals surface area contributed by atoms with Crippen molar-refractivity contribution in [1.82, 2.24) is 14.9 Å². The summed E-state index contributed by atoms with van der Waals surface area (Å²) < 4.78 is 5.00. The van der Waals surface area contributed by atoms with Gasteiger partial charge in [-0.1, -0.05) is 29.3 Å². The average Bonchev–Trinajstić information content (AvgIpc) is 3.06. The van der Waals surface area contributed by atoms with E-state index in [1.165, 1.54) is 29.3 Å². The third-order valence-electron chi connectivity index (χ3n) is 3.67. The number of benzene rings is 1. The normalized spacial score (nSPS) is 15.1. The standard InChI is InChI=1S/C17H14Cl2N4O4/c1-26-11-5-6-14(20-9-11)16(25)27-23-8-7-22(10-24)17(23)21-15-12(18)3-2-4-13(15)19/h2-6,9-10H,7-8H2,1H3. The number of carbonyl (C=O) groups excluding carboxylic acids is 2. The minimum absolute atomic E-state index is 0.0791.